The molecule has 16 heavy (non-hydrogen) atoms. The van der Waals surface area contributed by atoms with Gasteiger partial charge in [-0.3, -0.25) is 0 Å². The van der Waals surface area contributed by atoms with Crippen LogP contribution < -0.4 is 0 Å². The first-order valence-corrected chi connectivity index (χ1v) is 5.25. The molecule has 6 heteroatoms. The number of hydrogen-bond donors (Lipinski definition) is 1. The average molecular weight is 232 g/mol. The summed E-state index contributed by atoms with van der Waals surface area (Å²) >= 11 is 0. The summed E-state index contributed by atoms with van der Waals surface area (Å²) in [5.74, 6) is 0. The fourth-order valence-electron chi connectivity index (χ4n) is 2.35. The largest absolute Gasteiger partial charge is 0.509 e. The highest BCUT2D eigenvalue weighted by atomic mass is 16.8. The molecule has 1 spiro atoms. The van der Waals surface area contributed by atoms with Crippen LogP contribution in [0.1, 0.15) is 20.3 Å². The Morgan fingerprint density at radius 3 is 2.69 bits per heavy atom. The molecule has 2 saturated heterocycles. The zero-order chi connectivity index (χ0) is 11.9. The highest BCUT2D eigenvalue weighted by Crippen LogP contribution is 2.40. The van der Waals surface area contributed by atoms with Crippen molar-refractivity contribution < 1.29 is 28.8 Å². The van der Waals surface area contributed by atoms with Crippen LogP contribution in [0.15, 0.2) is 0 Å². The molecule has 0 aromatic rings. The molecule has 1 N–H and O–H groups in total. The molecule has 0 aromatic heterocycles. The standard InChI is InChI=1S/C10H16O6/c1-5-4-10(6(2)15-9(12)16-10)7(11)8(13-3)14-5/h5-8,11H,4H2,1-3H3/t5-,6-,7+,8+,10-/m0/s1. The van der Waals surface area contributed by atoms with Gasteiger partial charge in [-0.1, -0.05) is 0 Å². The number of carbonyl (C=O) groups excluding carboxylic acids is 1. The molecular formula is C10H16O6. The first-order valence-electron chi connectivity index (χ1n) is 5.25. The summed E-state index contributed by atoms with van der Waals surface area (Å²) in [4.78, 5) is 11.1. The fraction of sp³-hybridized carbons (Fsp3) is 0.900. The molecule has 2 aliphatic rings. The summed E-state index contributed by atoms with van der Waals surface area (Å²) in [6.45, 7) is 3.53. The van der Waals surface area contributed by atoms with E-state index in [9.17, 15) is 9.90 Å². The van der Waals surface area contributed by atoms with Gasteiger partial charge in [-0.25, -0.2) is 4.79 Å². The third kappa shape index (κ3) is 1.57. The molecule has 2 aliphatic heterocycles. The van der Waals surface area contributed by atoms with Crippen molar-refractivity contribution >= 4 is 6.16 Å². The van der Waals surface area contributed by atoms with Crippen molar-refractivity contribution in [1.29, 1.82) is 0 Å². The van der Waals surface area contributed by atoms with Gasteiger partial charge < -0.3 is 24.1 Å². The number of hydrogen-bond acceptors (Lipinski definition) is 6. The van der Waals surface area contributed by atoms with E-state index in [2.05, 4.69) is 0 Å². The summed E-state index contributed by atoms with van der Waals surface area (Å²) in [5.41, 5.74) is -1.06. The van der Waals surface area contributed by atoms with E-state index in [1.165, 1.54) is 7.11 Å². The molecule has 6 nitrogen and oxygen atoms in total. The Morgan fingerprint density at radius 2 is 2.19 bits per heavy atom. The van der Waals surface area contributed by atoms with Gasteiger partial charge in [0.2, 0.25) is 0 Å². The van der Waals surface area contributed by atoms with Gasteiger partial charge in [0, 0.05) is 13.5 Å². The van der Waals surface area contributed by atoms with E-state index in [0.717, 1.165) is 0 Å². The van der Waals surface area contributed by atoms with Gasteiger partial charge in [0.1, 0.15) is 12.2 Å². The average Bonchev–Trinajstić information content (AvgIpc) is 2.48. The first kappa shape index (κ1) is 11.6. The number of aliphatic hydroxyl groups excluding tert-OH is 1. The summed E-state index contributed by atoms with van der Waals surface area (Å²) in [6.07, 6.45) is -2.91. The van der Waals surface area contributed by atoms with Crippen LogP contribution in [0.25, 0.3) is 0 Å². The van der Waals surface area contributed by atoms with Crippen molar-refractivity contribution in [3.05, 3.63) is 0 Å². The van der Waals surface area contributed by atoms with Gasteiger partial charge >= 0.3 is 6.16 Å². The highest BCUT2D eigenvalue weighted by molar-refractivity contribution is 5.63. The van der Waals surface area contributed by atoms with Crippen molar-refractivity contribution in [1.82, 2.24) is 0 Å². The van der Waals surface area contributed by atoms with Crippen molar-refractivity contribution in [2.24, 2.45) is 0 Å². The molecule has 0 unspecified atom stereocenters. The molecule has 2 fully saturated rings. The van der Waals surface area contributed by atoms with Crippen molar-refractivity contribution in [3.8, 4) is 0 Å². The lowest BCUT2D eigenvalue weighted by atomic mass is 9.83. The lowest BCUT2D eigenvalue weighted by Crippen LogP contribution is -2.61. The summed E-state index contributed by atoms with van der Waals surface area (Å²) < 4.78 is 20.5. The number of ether oxygens (including phenoxy) is 4. The molecule has 5 atom stereocenters. The van der Waals surface area contributed by atoms with E-state index in [0.29, 0.717) is 6.42 Å². The predicted molar refractivity (Wildman–Crippen MR) is 51.7 cm³/mol. The molecular weight excluding hydrogens is 216 g/mol. The first-order chi connectivity index (χ1) is 7.49. The molecule has 0 aromatic carbocycles. The monoisotopic (exact) mass is 232 g/mol. The normalized spacial score (nSPS) is 47.9. The third-order valence-corrected chi connectivity index (χ3v) is 3.20. The van der Waals surface area contributed by atoms with E-state index in [-0.39, 0.29) is 6.10 Å². The minimum Gasteiger partial charge on any atom is -0.427 e. The summed E-state index contributed by atoms with van der Waals surface area (Å²) in [7, 11) is 1.43. The third-order valence-electron chi connectivity index (χ3n) is 3.20. The molecule has 0 saturated carbocycles. The summed E-state index contributed by atoms with van der Waals surface area (Å²) in [6, 6.07) is 0. The molecule has 0 radical (unpaired) electrons. The Labute approximate surface area is 93.4 Å². The van der Waals surface area contributed by atoms with Crippen LogP contribution in [-0.4, -0.2) is 48.6 Å². The minimum atomic E-state index is -1.06. The van der Waals surface area contributed by atoms with Crippen LogP contribution in [0.3, 0.4) is 0 Å². The van der Waals surface area contributed by atoms with Crippen molar-refractivity contribution in [2.45, 2.75) is 50.5 Å². The maximum atomic E-state index is 11.1. The molecule has 2 heterocycles. The Bertz CT molecular complexity index is 293. The van der Waals surface area contributed by atoms with Gasteiger partial charge in [-0.2, -0.15) is 0 Å². The van der Waals surface area contributed by atoms with Crippen molar-refractivity contribution in [3.63, 3.8) is 0 Å². The van der Waals surface area contributed by atoms with Gasteiger partial charge in [0.05, 0.1) is 6.10 Å². The van der Waals surface area contributed by atoms with Crippen LogP contribution >= 0.6 is 0 Å². The fourth-order valence-corrected chi connectivity index (χ4v) is 2.35. The Kier molecular flexibility index (Phi) is 2.81. The van der Waals surface area contributed by atoms with E-state index in [1.807, 2.05) is 6.92 Å². The molecule has 92 valence electrons. The Hall–Kier alpha value is -0.850. The number of rotatable bonds is 1. The SMILES string of the molecule is CO[C@@H]1O[C@@H](C)C[C@@]2(OC(=O)O[C@H]2C)[C@@H]1O. The number of cyclic esters (lactones) is 1. The van der Waals surface area contributed by atoms with E-state index in [1.54, 1.807) is 6.92 Å². The second-order valence-corrected chi connectivity index (χ2v) is 4.27. The van der Waals surface area contributed by atoms with Crippen LogP contribution in [0.2, 0.25) is 0 Å². The van der Waals surface area contributed by atoms with E-state index < -0.39 is 30.3 Å². The minimum absolute atomic E-state index is 0.176. The molecule has 2 rings (SSSR count). The quantitative estimate of drug-likeness (QED) is 0.660. The zero-order valence-corrected chi connectivity index (χ0v) is 9.50. The smallest absolute Gasteiger partial charge is 0.427 e. The lowest BCUT2D eigenvalue weighted by molar-refractivity contribution is -0.283. The Balaban J connectivity index is 2.27. The number of carbonyl (C=O) groups is 1. The molecule has 0 aliphatic carbocycles. The second-order valence-electron chi connectivity index (χ2n) is 4.27. The molecule has 0 amide bonds. The van der Waals surface area contributed by atoms with Crippen LogP contribution in [0.4, 0.5) is 4.79 Å². The van der Waals surface area contributed by atoms with Crippen LogP contribution in [0.5, 0.6) is 0 Å². The topological polar surface area (TPSA) is 74.2 Å². The van der Waals surface area contributed by atoms with Crippen LogP contribution in [-0.2, 0) is 18.9 Å². The maximum Gasteiger partial charge on any atom is 0.509 e. The van der Waals surface area contributed by atoms with Gasteiger partial charge in [0.15, 0.2) is 11.9 Å². The number of aliphatic hydroxyl groups is 1. The van der Waals surface area contributed by atoms with Crippen molar-refractivity contribution in [2.75, 3.05) is 7.11 Å². The van der Waals surface area contributed by atoms with Gasteiger partial charge in [0.25, 0.3) is 0 Å². The van der Waals surface area contributed by atoms with Gasteiger partial charge in [-0.05, 0) is 13.8 Å². The summed E-state index contributed by atoms with van der Waals surface area (Å²) in [5, 5.41) is 10.1. The Morgan fingerprint density at radius 1 is 1.50 bits per heavy atom. The van der Waals surface area contributed by atoms with Crippen LogP contribution in [0, 0.1) is 0 Å². The zero-order valence-electron chi connectivity index (χ0n) is 9.50. The predicted octanol–water partition coefficient (Wildman–Crippen LogP) is 0.423. The lowest BCUT2D eigenvalue weighted by Gasteiger charge is -2.43. The van der Waals surface area contributed by atoms with E-state index >= 15 is 0 Å². The highest BCUT2D eigenvalue weighted by Gasteiger charge is 2.60. The number of methoxy groups -OCH3 is 1. The second kappa shape index (κ2) is 3.87. The molecule has 0 bridgehead atoms. The maximum absolute atomic E-state index is 11.1. The van der Waals surface area contributed by atoms with Gasteiger partial charge in [-0.15, -0.1) is 0 Å². The van der Waals surface area contributed by atoms with E-state index in [4.69, 9.17) is 18.9 Å².